The number of imidazole rings is 1. The fraction of sp³-hybridized carbons (Fsp3) is 0.353. The van der Waals surface area contributed by atoms with Gasteiger partial charge in [0.1, 0.15) is 29.7 Å². The van der Waals surface area contributed by atoms with Gasteiger partial charge < -0.3 is 29.4 Å². The maximum absolute atomic E-state index is 13.1. The average Bonchev–Trinajstić information content (AvgIpc) is 3.52. The van der Waals surface area contributed by atoms with Crippen LogP contribution in [0.1, 0.15) is 56.1 Å². The molecule has 0 radical (unpaired) electrons. The molecule has 1 atom stereocenters. The van der Waals surface area contributed by atoms with Crippen molar-refractivity contribution >= 4 is 45.6 Å². The molecule has 0 spiro atoms. The largest absolute Gasteiger partial charge is 0.460 e. The minimum atomic E-state index is -0.676. The maximum atomic E-state index is 13.1. The van der Waals surface area contributed by atoms with E-state index in [1.54, 1.807) is 18.3 Å². The van der Waals surface area contributed by atoms with Crippen LogP contribution in [0.2, 0.25) is 0 Å². The summed E-state index contributed by atoms with van der Waals surface area (Å²) in [5.41, 5.74) is 2.86. The van der Waals surface area contributed by atoms with Gasteiger partial charge in [-0.3, -0.25) is 10.1 Å². The fourth-order valence-corrected chi connectivity index (χ4v) is 5.14. The lowest BCUT2D eigenvalue weighted by atomic mass is 10.1. The van der Waals surface area contributed by atoms with Crippen molar-refractivity contribution < 1.29 is 28.6 Å². The van der Waals surface area contributed by atoms with Gasteiger partial charge in [-0.05, 0) is 44.5 Å². The van der Waals surface area contributed by atoms with Crippen molar-refractivity contribution in [2.75, 3.05) is 31.4 Å². The Morgan fingerprint density at radius 3 is 2.44 bits per heavy atom. The average molecular weight is 723 g/mol. The molecular formula is C34H40BrN7O6. The van der Waals surface area contributed by atoms with Crippen LogP contribution in [-0.4, -0.2) is 64.9 Å². The van der Waals surface area contributed by atoms with Gasteiger partial charge in [0.25, 0.3) is 0 Å². The number of hydrogen-bond donors (Lipinski definition) is 3. The summed E-state index contributed by atoms with van der Waals surface area (Å²) >= 11 is 3.56. The quantitative estimate of drug-likeness (QED) is 0.111. The molecule has 254 valence electrons. The molecule has 0 fully saturated rings. The van der Waals surface area contributed by atoms with E-state index in [2.05, 4.69) is 46.3 Å². The molecule has 2 heterocycles. The van der Waals surface area contributed by atoms with E-state index in [9.17, 15) is 14.4 Å². The number of aromatic amines is 1. The molecule has 2 aromatic carbocycles. The van der Waals surface area contributed by atoms with Crippen LogP contribution in [0, 0.1) is 0 Å². The Kier molecular flexibility index (Phi) is 12.1. The van der Waals surface area contributed by atoms with E-state index in [1.165, 1.54) is 7.11 Å². The van der Waals surface area contributed by atoms with E-state index in [0.717, 1.165) is 11.1 Å². The normalized spacial score (nSPS) is 11.7. The minimum absolute atomic E-state index is 0.0921. The number of benzene rings is 2. The number of hydrogen-bond acceptors (Lipinski definition) is 10. The zero-order valence-corrected chi connectivity index (χ0v) is 29.4. The van der Waals surface area contributed by atoms with Gasteiger partial charge in [-0.2, -0.15) is 0 Å². The summed E-state index contributed by atoms with van der Waals surface area (Å²) in [6, 6.07) is 15.8. The third-order valence-corrected chi connectivity index (χ3v) is 7.43. The molecule has 3 N–H and O–H groups in total. The Hall–Kier alpha value is -4.98. The smallest absolute Gasteiger partial charge is 0.411 e. The van der Waals surface area contributed by atoms with Crippen LogP contribution in [-0.2, 0) is 38.5 Å². The number of anilines is 2. The first-order valence-electron chi connectivity index (χ1n) is 15.2. The van der Waals surface area contributed by atoms with Gasteiger partial charge in [0, 0.05) is 54.4 Å². The molecule has 0 saturated heterocycles. The molecule has 4 rings (SSSR count). The summed E-state index contributed by atoms with van der Waals surface area (Å²) < 4.78 is 16.4. The molecule has 0 unspecified atom stereocenters. The highest BCUT2D eigenvalue weighted by Gasteiger charge is 2.23. The molecule has 0 aliphatic heterocycles. The number of carbonyl (C=O) groups is 3. The number of methoxy groups -OCH3 is 1. The van der Waals surface area contributed by atoms with E-state index < -0.39 is 23.8 Å². The zero-order chi connectivity index (χ0) is 34.8. The Morgan fingerprint density at radius 2 is 1.77 bits per heavy atom. The van der Waals surface area contributed by atoms with Gasteiger partial charge in [-0.25, -0.2) is 24.5 Å². The fourth-order valence-electron chi connectivity index (χ4n) is 4.55. The molecule has 2 aromatic heterocycles. The predicted octanol–water partition coefficient (Wildman–Crippen LogP) is 6.36. The molecule has 2 amide bonds. The second kappa shape index (κ2) is 16.2. The van der Waals surface area contributed by atoms with Gasteiger partial charge in [0.15, 0.2) is 0 Å². The molecule has 14 heteroatoms. The standard InChI is InChI=1S/C34H40BrN7O6/c1-34(2,3)48-30(43)15-14-28-37-23(18-29(41-28)42(4)5)17-26(40-33(45)47-20-21-10-8-7-9-11-21)31-36-19-27(39-31)24-13-12-22(16-25(24)35)38-32(44)46-6/h7-13,16,18-19,26H,14-15,17,20H2,1-6H3,(H,36,39)(H,38,44)(H,40,45)/t26-/m0/s1. The topological polar surface area (TPSA) is 161 Å². The second-order valence-electron chi connectivity index (χ2n) is 12.1. The number of alkyl carbamates (subject to hydrolysis) is 1. The number of nitrogens with one attached hydrogen (secondary N) is 3. The number of nitrogens with zero attached hydrogens (tertiary/aromatic N) is 4. The highest BCUT2D eigenvalue weighted by Crippen LogP contribution is 2.31. The van der Waals surface area contributed by atoms with Gasteiger partial charge >= 0.3 is 18.2 Å². The number of carbonyl (C=O) groups excluding carboxylic acids is 3. The van der Waals surface area contributed by atoms with Crippen LogP contribution in [0.4, 0.5) is 21.1 Å². The number of halogens is 1. The van der Waals surface area contributed by atoms with Gasteiger partial charge in [0.2, 0.25) is 0 Å². The van der Waals surface area contributed by atoms with Crippen LogP contribution < -0.4 is 15.5 Å². The summed E-state index contributed by atoms with van der Waals surface area (Å²) in [5.74, 6) is 1.24. The van der Waals surface area contributed by atoms with Gasteiger partial charge in [-0.1, -0.05) is 46.3 Å². The van der Waals surface area contributed by atoms with Crippen LogP contribution in [0.5, 0.6) is 0 Å². The summed E-state index contributed by atoms with van der Waals surface area (Å²) in [4.78, 5) is 56.3. The molecule has 48 heavy (non-hydrogen) atoms. The second-order valence-corrected chi connectivity index (χ2v) is 12.9. The molecule has 0 aliphatic carbocycles. The van der Waals surface area contributed by atoms with Crippen molar-refractivity contribution in [2.45, 2.75) is 58.3 Å². The lowest BCUT2D eigenvalue weighted by Crippen LogP contribution is -2.31. The van der Waals surface area contributed by atoms with Crippen LogP contribution >= 0.6 is 15.9 Å². The van der Waals surface area contributed by atoms with Crippen LogP contribution in [0.15, 0.2) is 65.3 Å². The van der Waals surface area contributed by atoms with Crippen molar-refractivity contribution in [1.82, 2.24) is 25.3 Å². The van der Waals surface area contributed by atoms with Gasteiger partial charge in [0.05, 0.1) is 31.5 Å². The van der Waals surface area contributed by atoms with Crippen LogP contribution in [0.3, 0.4) is 0 Å². The number of H-pyrrole nitrogens is 1. The highest BCUT2D eigenvalue weighted by atomic mass is 79.9. The molecule has 13 nitrogen and oxygen atoms in total. The highest BCUT2D eigenvalue weighted by molar-refractivity contribution is 9.10. The first-order chi connectivity index (χ1) is 22.8. The van der Waals surface area contributed by atoms with Crippen LogP contribution in [0.25, 0.3) is 11.3 Å². The predicted molar refractivity (Wildman–Crippen MR) is 184 cm³/mol. The number of aromatic nitrogens is 4. The number of aryl methyl sites for hydroxylation is 1. The number of esters is 1. The molecule has 0 saturated carbocycles. The lowest BCUT2D eigenvalue weighted by molar-refractivity contribution is -0.154. The van der Waals surface area contributed by atoms with Crippen molar-refractivity contribution in [3.8, 4) is 11.3 Å². The third-order valence-electron chi connectivity index (χ3n) is 6.78. The monoisotopic (exact) mass is 721 g/mol. The third kappa shape index (κ3) is 10.8. The lowest BCUT2D eigenvalue weighted by Gasteiger charge is -2.20. The van der Waals surface area contributed by atoms with E-state index >= 15 is 0 Å². The van der Waals surface area contributed by atoms with Crippen molar-refractivity contribution in [1.29, 1.82) is 0 Å². The van der Waals surface area contributed by atoms with E-state index in [0.29, 0.717) is 39.0 Å². The SMILES string of the molecule is COC(=O)Nc1ccc(-c2cnc([C@H](Cc3cc(N(C)C)nc(CCC(=O)OC(C)(C)C)n3)NC(=O)OCc3ccccc3)[nH]2)c(Br)c1. The summed E-state index contributed by atoms with van der Waals surface area (Å²) in [6.45, 7) is 5.55. The summed E-state index contributed by atoms with van der Waals surface area (Å²) in [7, 11) is 5.02. The molecule has 4 aromatic rings. The number of amides is 2. The first kappa shape index (κ1) is 35.9. The zero-order valence-electron chi connectivity index (χ0n) is 27.8. The van der Waals surface area contributed by atoms with Crippen molar-refractivity contribution in [2.24, 2.45) is 0 Å². The Bertz CT molecular complexity index is 1720. The van der Waals surface area contributed by atoms with E-state index in [1.807, 2.05) is 82.2 Å². The minimum Gasteiger partial charge on any atom is -0.460 e. The number of rotatable bonds is 12. The van der Waals surface area contributed by atoms with E-state index in [4.69, 9.17) is 14.5 Å². The van der Waals surface area contributed by atoms with Crippen molar-refractivity contribution in [3.05, 3.63) is 88.2 Å². The summed E-state index contributed by atoms with van der Waals surface area (Å²) in [6.07, 6.45) is 1.07. The molecular weight excluding hydrogens is 682 g/mol. The summed E-state index contributed by atoms with van der Waals surface area (Å²) in [5, 5.41) is 5.57. The maximum Gasteiger partial charge on any atom is 0.411 e. The number of ether oxygens (including phenoxy) is 3. The molecule has 0 aliphatic rings. The Balaban J connectivity index is 1.60. The van der Waals surface area contributed by atoms with Gasteiger partial charge in [-0.15, -0.1) is 0 Å². The first-order valence-corrected chi connectivity index (χ1v) is 16.0. The van der Waals surface area contributed by atoms with Crippen molar-refractivity contribution in [3.63, 3.8) is 0 Å². The molecule has 0 bridgehead atoms. The Labute approximate surface area is 287 Å². The van der Waals surface area contributed by atoms with E-state index in [-0.39, 0.29) is 31.8 Å². The Morgan fingerprint density at radius 1 is 1.02 bits per heavy atom.